The third-order valence-electron chi connectivity index (χ3n) is 3.03. The predicted molar refractivity (Wildman–Crippen MR) is 61.3 cm³/mol. The summed E-state index contributed by atoms with van der Waals surface area (Å²) in [4.78, 5) is 0. The minimum atomic E-state index is 0.146. The van der Waals surface area contributed by atoms with E-state index in [2.05, 4.69) is 12.2 Å². The van der Waals surface area contributed by atoms with Gasteiger partial charge < -0.3 is 19.9 Å². The molecule has 2 rings (SSSR count). The molecule has 1 aromatic carbocycles. The van der Waals surface area contributed by atoms with Gasteiger partial charge in [-0.25, -0.2) is 0 Å². The summed E-state index contributed by atoms with van der Waals surface area (Å²) in [7, 11) is 3.13. The summed E-state index contributed by atoms with van der Waals surface area (Å²) in [6.07, 6.45) is 0.896. The maximum absolute atomic E-state index is 9.84. The maximum Gasteiger partial charge on any atom is 0.203 e. The fourth-order valence-corrected chi connectivity index (χ4v) is 2.30. The van der Waals surface area contributed by atoms with Crippen LogP contribution in [0.1, 0.15) is 24.1 Å². The summed E-state index contributed by atoms with van der Waals surface area (Å²) in [5.74, 6) is 1.20. The number of phenolic OH excluding ortho intramolecular Hbond substituents is 1. The Morgan fingerprint density at radius 1 is 1.31 bits per heavy atom. The van der Waals surface area contributed by atoms with Gasteiger partial charge >= 0.3 is 0 Å². The summed E-state index contributed by atoms with van der Waals surface area (Å²) in [6.45, 7) is 3.00. The minimum Gasteiger partial charge on any atom is -0.504 e. The Kier molecular flexibility index (Phi) is 2.92. The zero-order valence-electron chi connectivity index (χ0n) is 9.83. The number of hydrogen-bond acceptors (Lipinski definition) is 4. The second-order valence-electron chi connectivity index (χ2n) is 3.96. The minimum absolute atomic E-state index is 0.146. The van der Waals surface area contributed by atoms with Crippen molar-refractivity contribution in [3.05, 3.63) is 17.2 Å². The van der Waals surface area contributed by atoms with Crippen molar-refractivity contribution in [2.45, 2.75) is 19.4 Å². The molecular weight excluding hydrogens is 206 g/mol. The number of methoxy groups -OCH3 is 2. The molecule has 0 aliphatic carbocycles. The summed E-state index contributed by atoms with van der Waals surface area (Å²) < 4.78 is 10.5. The SMILES string of the molecule is COc1c(O)cc2c(c1OC)C(C)NCC2. The van der Waals surface area contributed by atoms with E-state index in [1.807, 2.05) is 0 Å². The van der Waals surface area contributed by atoms with Crippen molar-refractivity contribution in [1.82, 2.24) is 5.32 Å². The van der Waals surface area contributed by atoms with Crippen LogP contribution >= 0.6 is 0 Å². The lowest BCUT2D eigenvalue weighted by Crippen LogP contribution is -2.28. The van der Waals surface area contributed by atoms with Crippen LogP contribution in [0.5, 0.6) is 17.2 Å². The Balaban J connectivity index is 2.64. The van der Waals surface area contributed by atoms with Crippen LogP contribution in [0.3, 0.4) is 0 Å². The zero-order valence-corrected chi connectivity index (χ0v) is 9.83. The smallest absolute Gasteiger partial charge is 0.203 e. The van der Waals surface area contributed by atoms with Crippen LogP contribution in [0.25, 0.3) is 0 Å². The molecule has 1 unspecified atom stereocenters. The molecule has 16 heavy (non-hydrogen) atoms. The van der Waals surface area contributed by atoms with Crippen LogP contribution in [-0.4, -0.2) is 25.9 Å². The number of phenols is 1. The Morgan fingerprint density at radius 2 is 2.00 bits per heavy atom. The number of benzene rings is 1. The molecule has 0 radical (unpaired) electrons. The molecule has 1 aliphatic heterocycles. The van der Waals surface area contributed by atoms with Crippen molar-refractivity contribution in [2.75, 3.05) is 20.8 Å². The van der Waals surface area contributed by atoms with Gasteiger partial charge in [0.25, 0.3) is 0 Å². The molecule has 1 aliphatic rings. The van der Waals surface area contributed by atoms with Gasteiger partial charge in [0.2, 0.25) is 5.75 Å². The van der Waals surface area contributed by atoms with Gasteiger partial charge in [-0.2, -0.15) is 0 Å². The van der Waals surface area contributed by atoms with Crippen LogP contribution in [0.15, 0.2) is 6.07 Å². The third kappa shape index (κ3) is 1.59. The largest absolute Gasteiger partial charge is 0.504 e. The second-order valence-corrected chi connectivity index (χ2v) is 3.96. The molecule has 1 atom stereocenters. The van der Waals surface area contributed by atoms with E-state index in [4.69, 9.17) is 9.47 Å². The monoisotopic (exact) mass is 223 g/mol. The molecule has 0 amide bonds. The first kappa shape index (κ1) is 11.1. The van der Waals surface area contributed by atoms with E-state index in [1.165, 1.54) is 7.11 Å². The lowest BCUT2D eigenvalue weighted by molar-refractivity contribution is 0.324. The van der Waals surface area contributed by atoms with E-state index in [9.17, 15) is 5.11 Å². The molecule has 1 heterocycles. The molecule has 0 saturated heterocycles. The van der Waals surface area contributed by atoms with Crippen molar-refractivity contribution in [3.63, 3.8) is 0 Å². The summed E-state index contributed by atoms with van der Waals surface area (Å²) >= 11 is 0. The summed E-state index contributed by atoms with van der Waals surface area (Å²) in [6, 6.07) is 1.99. The zero-order chi connectivity index (χ0) is 11.7. The number of nitrogens with one attached hydrogen (secondary N) is 1. The first-order chi connectivity index (χ1) is 7.69. The highest BCUT2D eigenvalue weighted by Crippen LogP contribution is 2.44. The number of ether oxygens (including phenoxy) is 2. The van der Waals surface area contributed by atoms with Crippen molar-refractivity contribution in [2.24, 2.45) is 0 Å². The Bertz CT molecular complexity index is 404. The molecule has 0 saturated carbocycles. The first-order valence-corrected chi connectivity index (χ1v) is 5.39. The van der Waals surface area contributed by atoms with Crippen molar-refractivity contribution in [1.29, 1.82) is 0 Å². The molecule has 4 heteroatoms. The quantitative estimate of drug-likeness (QED) is 0.800. The van der Waals surface area contributed by atoms with Gasteiger partial charge in [0.1, 0.15) is 0 Å². The highest BCUT2D eigenvalue weighted by Gasteiger charge is 2.25. The van der Waals surface area contributed by atoms with Gasteiger partial charge in [0.05, 0.1) is 14.2 Å². The van der Waals surface area contributed by atoms with Gasteiger partial charge in [-0.3, -0.25) is 0 Å². The molecular formula is C12H17NO3. The summed E-state index contributed by atoms with van der Waals surface area (Å²) in [5, 5.41) is 13.2. The van der Waals surface area contributed by atoms with E-state index >= 15 is 0 Å². The van der Waals surface area contributed by atoms with Crippen LogP contribution in [-0.2, 0) is 6.42 Å². The summed E-state index contributed by atoms with van der Waals surface area (Å²) in [5.41, 5.74) is 2.21. The second kappa shape index (κ2) is 4.22. The van der Waals surface area contributed by atoms with Crippen LogP contribution in [0.4, 0.5) is 0 Å². The van der Waals surface area contributed by atoms with Crippen molar-refractivity contribution in [3.8, 4) is 17.2 Å². The average Bonchev–Trinajstić information content (AvgIpc) is 2.27. The van der Waals surface area contributed by atoms with Gasteiger partial charge in [-0.15, -0.1) is 0 Å². The number of fused-ring (bicyclic) bond motifs is 1. The van der Waals surface area contributed by atoms with Crippen LogP contribution < -0.4 is 14.8 Å². The number of rotatable bonds is 2. The molecule has 4 nitrogen and oxygen atoms in total. The predicted octanol–water partition coefficient (Wildman–Crippen LogP) is 1.62. The van der Waals surface area contributed by atoms with Gasteiger partial charge in [0.15, 0.2) is 11.5 Å². The standard InChI is InChI=1S/C12H17NO3/c1-7-10-8(4-5-13-7)6-9(14)11(15-2)12(10)16-3/h6-7,13-14H,4-5H2,1-3H3. The van der Waals surface area contributed by atoms with Gasteiger partial charge in [0, 0.05) is 11.6 Å². The fraction of sp³-hybridized carbons (Fsp3) is 0.500. The molecule has 0 spiro atoms. The first-order valence-electron chi connectivity index (χ1n) is 5.39. The average molecular weight is 223 g/mol. The number of hydrogen-bond donors (Lipinski definition) is 2. The van der Waals surface area contributed by atoms with E-state index in [-0.39, 0.29) is 11.8 Å². The lowest BCUT2D eigenvalue weighted by Gasteiger charge is -2.27. The van der Waals surface area contributed by atoms with Gasteiger partial charge in [-0.05, 0) is 31.5 Å². The molecule has 0 fully saturated rings. The Labute approximate surface area is 95.2 Å². The van der Waals surface area contributed by atoms with Gasteiger partial charge in [-0.1, -0.05) is 0 Å². The fourth-order valence-electron chi connectivity index (χ4n) is 2.30. The molecule has 88 valence electrons. The maximum atomic E-state index is 9.84. The highest BCUT2D eigenvalue weighted by molar-refractivity contribution is 5.60. The Morgan fingerprint density at radius 3 is 2.62 bits per heavy atom. The molecule has 0 bridgehead atoms. The number of aromatic hydroxyl groups is 1. The normalized spacial score (nSPS) is 19.1. The molecule has 2 N–H and O–H groups in total. The van der Waals surface area contributed by atoms with E-state index in [0.29, 0.717) is 11.5 Å². The van der Waals surface area contributed by atoms with Crippen molar-refractivity contribution >= 4 is 0 Å². The van der Waals surface area contributed by atoms with Crippen LogP contribution in [0.2, 0.25) is 0 Å². The highest BCUT2D eigenvalue weighted by atomic mass is 16.5. The van der Waals surface area contributed by atoms with E-state index in [1.54, 1.807) is 13.2 Å². The third-order valence-corrected chi connectivity index (χ3v) is 3.03. The molecule has 1 aromatic rings. The van der Waals surface area contributed by atoms with Crippen molar-refractivity contribution < 1.29 is 14.6 Å². The lowest BCUT2D eigenvalue weighted by atomic mass is 9.93. The topological polar surface area (TPSA) is 50.7 Å². The molecule has 0 aromatic heterocycles. The van der Waals surface area contributed by atoms with E-state index < -0.39 is 0 Å². The van der Waals surface area contributed by atoms with Crippen LogP contribution in [0, 0.1) is 0 Å². The Hall–Kier alpha value is -1.42. The van der Waals surface area contributed by atoms with E-state index in [0.717, 1.165) is 24.1 Å².